The molecule has 1 heterocycles. The molecule has 1 aromatic rings. The molecule has 3 N–H and O–H groups in total. The molecule has 21 heavy (non-hydrogen) atoms. The number of carbonyl (C=O) groups is 1. The number of hydrogen-bond donors (Lipinski definition) is 2. The maximum Gasteiger partial charge on any atom is 0.241 e. The Morgan fingerprint density at radius 3 is 2.38 bits per heavy atom. The topological polar surface area (TPSA) is 66.6 Å². The normalized spacial score (nSPS) is 17.8. The highest BCUT2D eigenvalue weighted by atomic mass is 16.3. The van der Waals surface area contributed by atoms with Crippen LogP contribution in [0.15, 0.2) is 24.3 Å². The van der Waals surface area contributed by atoms with Gasteiger partial charge in [0.2, 0.25) is 5.91 Å². The number of benzene rings is 1. The molecule has 0 spiro atoms. The molecule has 1 fully saturated rings. The van der Waals surface area contributed by atoms with E-state index in [1.807, 2.05) is 0 Å². The third-order valence-corrected chi connectivity index (χ3v) is 4.40. The van der Waals surface area contributed by atoms with Crippen molar-refractivity contribution >= 4 is 5.91 Å². The molecule has 0 radical (unpaired) electrons. The molecule has 1 atom stereocenters. The Bertz CT molecular complexity index is 450. The first-order valence-electron chi connectivity index (χ1n) is 7.87. The summed E-state index contributed by atoms with van der Waals surface area (Å²) >= 11 is 0. The second-order valence-electron chi connectivity index (χ2n) is 5.93. The number of aliphatic hydroxyl groups is 1. The first-order valence-corrected chi connectivity index (χ1v) is 7.87. The van der Waals surface area contributed by atoms with Crippen molar-refractivity contribution in [1.29, 1.82) is 0 Å². The van der Waals surface area contributed by atoms with Crippen LogP contribution in [0.5, 0.6) is 0 Å². The standard InChI is InChI=1S/C17H26N2O2/c1-2-13-3-5-14(6-4-13)11-15-7-9-19(10-8-15)17(21)16(18)12-20/h3-6,15-16,20H,2,7-12,18H2,1H3/t16-/m1/s1. The lowest BCUT2D eigenvalue weighted by Gasteiger charge is -2.33. The number of aryl methyl sites for hydroxylation is 1. The van der Waals surface area contributed by atoms with Gasteiger partial charge in [-0.1, -0.05) is 31.2 Å². The van der Waals surface area contributed by atoms with Crippen LogP contribution in [0, 0.1) is 5.92 Å². The zero-order chi connectivity index (χ0) is 15.2. The molecule has 4 nitrogen and oxygen atoms in total. The van der Waals surface area contributed by atoms with E-state index in [1.165, 1.54) is 11.1 Å². The number of piperidine rings is 1. The zero-order valence-corrected chi connectivity index (χ0v) is 12.8. The van der Waals surface area contributed by atoms with Crippen LogP contribution in [0.3, 0.4) is 0 Å². The van der Waals surface area contributed by atoms with Gasteiger partial charge in [0.25, 0.3) is 0 Å². The average Bonchev–Trinajstić information content (AvgIpc) is 2.55. The average molecular weight is 290 g/mol. The van der Waals surface area contributed by atoms with Gasteiger partial charge in [-0.2, -0.15) is 0 Å². The smallest absolute Gasteiger partial charge is 0.241 e. The van der Waals surface area contributed by atoms with E-state index in [-0.39, 0.29) is 12.5 Å². The van der Waals surface area contributed by atoms with Gasteiger partial charge in [-0.25, -0.2) is 0 Å². The van der Waals surface area contributed by atoms with Gasteiger partial charge < -0.3 is 15.7 Å². The minimum atomic E-state index is -0.761. The lowest BCUT2D eigenvalue weighted by Crippen LogP contribution is -2.48. The van der Waals surface area contributed by atoms with Crippen molar-refractivity contribution < 1.29 is 9.90 Å². The molecule has 1 saturated heterocycles. The minimum absolute atomic E-state index is 0.122. The minimum Gasteiger partial charge on any atom is -0.394 e. The summed E-state index contributed by atoms with van der Waals surface area (Å²) in [5.41, 5.74) is 8.34. The van der Waals surface area contributed by atoms with Crippen LogP contribution in [0.1, 0.15) is 30.9 Å². The van der Waals surface area contributed by atoms with Gasteiger partial charge in [0.05, 0.1) is 6.61 Å². The summed E-state index contributed by atoms with van der Waals surface area (Å²) in [6.45, 7) is 3.40. The van der Waals surface area contributed by atoms with Crippen molar-refractivity contribution in [2.24, 2.45) is 11.7 Å². The number of rotatable bonds is 5. The van der Waals surface area contributed by atoms with Gasteiger partial charge in [0, 0.05) is 13.1 Å². The van der Waals surface area contributed by atoms with E-state index >= 15 is 0 Å². The van der Waals surface area contributed by atoms with Crippen LogP contribution < -0.4 is 5.73 Å². The van der Waals surface area contributed by atoms with Crippen molar-refractivity contribution in [2.75, 3.05) is 19.7 Å². The van der Waals surface area contributed by atoms with E-state index in [0.717, 1.165) is 38.8 Å². The number of nitrogens with two attached hydrogens (primary N) is 1. The van der Waals surface area contributed by atoms with E-state index < -0.39 is 6.04 Å². The summed E-state index contributed by atoms with van der Waals surface area (Å²) in [4.78, 5) is 13.7. The number of hydrogen-bond acceptors (Lipinski definition) is 3. The number of amides is 1. The van der Waals surface area contributed by atoms with Gasteiger partial charge in [-0.05, 0) is 42.7 Å². The van der Waals surface area contributed by atoms with Gasteiger partial charge in [0.15, 0.2) is 0 Å². The molecular formula is C17H26N2O2. The molecule has 0 aliphatic carbocycles. The van der Waals surface area contributed by atoms with Gasteiger partial charge >= 0.3 is 0 Å². The van der Waals surface area contributed by atoms with Crippen LogP contribution in [0.4, 0.5) is 0 Å². The Hall–Kier alpha value is -1.39. The lowest BCUT2D eigenvalue weighted by atomic mass is 9.89. The molecule has 1 aliphatic heterocycles. The number of nitrogens with zero attached hydrogens (tertiary/aromatic N) is 1. The summed E-state index contributed by atoms with van der Waals surface area (Å²) in [7, 11) is 0. The zero-order valence-electron chi connectivity index (χ0n) is 12.8. The second kappa shape index (κ2) is 7.57. The molecular weight excluding hydrogens is 264 g/mol. The number of carbonyl (C=O) groups excluding carboxylic acids is 1. The Kier molecular flexibility index (Phi) is 5.76. The first kappa shape index (κ1) is 16.0. The fourth-order valence-electron chi connectivity index (χ4n) is 2.91. The molecule has 1 aromatic carbocycles. The predicted molar refractivity (Wildman–Crippen MR) is 83.9 cm³/mol. The molecule has 2 rings (SSSR count). The van der Waals surface area contributed by atoms with E-state index in [0.29, 0.717) is 5.92 Å². The van der Waals surface area contributed by atoms with Crippen LogP contribution in [-0.2, 0) is 17.6 Å². The molecule has 116 valence electrons. The Morgan fingerprint density at radius 2 is 1.86 bits per heavy atom. The summed E-state index contributed by atoms with van der Waals surface area (Å²) in [5.74, 6) is 0.509. The summed E-state index contributed by atoms with van der Waals surface area (Å²) < 4.78 is 0. The third kappa shape index (κ3) is 4.29. The maximum atomic E-state index is 11.9. The van der Waals surface area contributed by atoms with Crippen LogP contribution in [-0.4, -0.2) is 41.7 Å². The maximum absolute atomic E-state index is 11.9. The van der Waals surface area contributed by atoms with Crippen molar-refractivity contribution in [3.05, 3.63) is 35.4 Å². The van der Waals surface area contributed by atoms with E-state index in [4.69, 9.17) is 10.8 Å². The molecule has 1 aliphatic rings. The summed E-state index contributed by atoms with van der Waals surface area (Å²) in [6, 6.07) is 8.08. The molecule has 0 bridgehead atoms. The molecule has 0 saturated carbocycles. The van der Waals surface area contributed by atoms with E-state index in [9.17, 15) is 4.79 Å². The molecule has 0 unspecified atom stereocenters. The Balaban J connectivity index is 1.82. The highest BCUT2D eigenvalue weighted by Crippen LogP contribution is 2.22. The van der Waals surface area contributed by atoms with Gasteiger partial charge in [-0.3, -0.25) is 4.79 Å². The van der Waals surface area contributed by atoms with E-state index in [2.05, 4.69) is 31.2 Å². The number of likely N-dealkylation sites (tertiary alicyclic amines) is 1. The molecule has 1 amide bonds. The molecule has 0 aromatic heterocycles. The fourth-order valence-corrected chi connectivity index (χ4v) is 2.91. The first-order chi connectivity index (χ1) is 10.1. The quantitative estimate of drug-likeness (QED) is 0.860. The van der Waals surface area contributed by atoms with E-state index in [1.54, 1.807) is 4.90 Å². The Morgan fingerprint density at radius 1 is 1.29 bits per heavy atom. The highest BCUT2D eigenvalue weighted by molar-refractivity contribution is 5.81. The number of aliphatic hydroxyl groups excluding tert-OH is 1. The van der Waals surface area contributed by atoms with Crippen molar-refractivity contribution in [2.45, 2.75) is 38.6 Å². The largest absolute Gasteiger partial charge is 0.394 e. The van der Waals surface area contributed by atoms with Crippen molar-refractivity contribution in [3.63, 3.8) is 0 Å². The second-order valence-corrected chi connectivity index (χ2v) is 5.93. The van der Waals surface area contributed by atoms with Crippen LogP contribution in [0.25, 0.3) is 0 Å². The fraction of sp³-hybridized carbons (Fsp3) is 0.588. The van der Waals surface area contributed by atoms with Crippen LogP contribution >= 0.6 is 0 Å². The summed E-state index contributed by atoms with van der Waals surface area (Å²) in [6.07, 6.45) is 4.18. The van der Waals surface area contributed by atoms with Crippen molar-refractivity contribution in [3.8, 4) is 0 Å². The highest BCUT2D eigenvalue weighted by Gasteiger charge is 2.25. The van der Waals surface area contributed by atoms with Crippen LogP contribution in [0.2, 0.25) is 0 Å². The lowest BCUT2D eigenvalue weighted by molar-refractivity contribution is -0.134. The van der Waals surface area contributed by atoms with Crippen molar-refractivity contribution in [1.82, 2.24) is 4.90 Å². The molecule has 4 heteroatoms. The SMILES string of the molecule is CCc1ccc(CC2CCN(C(=O)[C@H](N)CO)CC2)cc1. The summed E-state index contributed by atoms with van der Waals surface area (Å²) in [5, 5.41) is 8.95. The Labute approximate surface area is 126 Å². The van der Waals surface area contributed by atoms with Gasteiger partial charge in [0.1, 0.15) is 6.04 Å². The third-order valence-electron chi connectivity index (χ3n) is 4.40. The van der Waals surface area contributed by atoms with Gasteiger partial charge in [-0.15, -0.1) is 0 Å². The predicted octanol–water partition coefficient (Wildman–Crippen LogP) is 1.35. The monoisotopic (exact) mass is 290 g/mol.